The molecule has 0 saturated carbocycles. The average Bonchev–Trinajstić information content (AvgIpc) is 3.03. The molecule has 0 bridgehead atoms. The highest BCUT2D eigenvalue weighted by Crippen LogP contribution is 2.34. The largest absolute Gasteiger partial charge is 0.497 e. The topological polar surface area (TPSA) is 135 Å². The van der Waals surface area contributed by atoms with Crippen molar-refractivity contribution in [2.45, 2.75) is 37.3 Å². The van der Waals surface area contributed by atoms with Crippen LogP contribution in [0, 0.1) is 11.3 Å². The van der Waals surface area contributed by atoms with Gasteiger partial charge >= 0.3 is 6.18 Å². The molecule has 12 nitrogen and oxygen atoms in total. The molecule has 1 N–H and O–H groups in total. The fraction of sp³-hybridized carbons (Fsp3) is 0.433. The smallest absolute Gasteiger partial charge is 0.423 e. The maximum absolute atomic E-state index is 14.1. The van der Waals surface area contributed by atoms with Gasteiger partial charge in [0.15, 0.2) is 11.6 Å². The number of carbonyl (C=O) groups excluding carboxylic acids is 1. The predicted molar refractivity (Wildman–Crippen MR) is 165 cm³/mol. The number of piperazine rings is 1. The van der Waals surface area contributed by atoms with Crippen molar-refractivity contribution in [3.63, 3.8) is 0 Å². The minimum absolute atomic E-state index is 0.0239. The lowest BCUT2D eigenvalue weighted by Gasteiger charge is -2.44. The SMILES string of the molecule is COc1ccc(Cn2ncc(NC(C)([SiH3])COCCC(=O)N3CCN4c5ncc(C#N)cc5OCC4C3)c(C(F)(F)F)c2=O)cc1. The number of methoxy groups -OCH3 is 1. The highest BCUT2D eigenvalue weighted by Gasteiger charge is 2.39. The molecule has 1 saturated heterocycles. The Kier molecular flexibility index (Phi) is 9.54. The molecule has 244 valence electrons. The van der Waals surface area contributed by atoms with E-state index in [4.69, 9.17) is 19.5 Å². The van der Waals surface area contributed by atoms with Crippen LogP contribution in [-0.4, -0.2) is 93.6 Å². The molecule has 3 aromatic rings. The first kappa shape index (κ1) is 32.8. The first-order valence-corrected chi connectivity index (χ1v) is 15.6. The summed E-state index contributed by atoms with van der Waals surface area (Å²) in [5.74, 6) is 1.68. The summed E-state index contributed by atoms with van der Waals surface area (Å²) in [4.78, 5) is 34.1. The summed E-state index contributed by atoms with van der Waals surface area (Å²) in [6, 6.07) is 10.2. The second-order valence-electron chi connectivity index (χ2n) is 11.7. The monoisotopic (exact) mass is 657 g/mol. The highest BCUT2D eigenvalue weighted by molar-refractivity contribution is 6.16. The van der Waals surface area contributed by atoms with Crippen molar-refractivity contribution in [2.75, 3.05) is 56.8 Å². The summed E-state index contributed by atoms with van der Waals surface area (Å²) in [5, 5.41) is 15.0. The molecule has 4 heterocycles. The fourth-order valence-electron chi connectivity index (χ4n) is 5.43. The Bertz CT molecular complexity index is 1680. The van der Waals surface area contributed by atoms with Crippen LogP contribution in [0.4, 0.5) is 24.7 Å². The quantitative estimate of drug-likeness (QED) is 0.253. The Morgan fingerprint density at radius 3 is 2.70 bits per heavy atom. The van der Waals surface area contributed by atoms with Gasteiger partial charge in [-0.05, 0) is 24.6 Å². The van der Waals surface area contributed by atoms with Crippen molar-refractivity contribution in [3.05, 3.63) is 69.8 Å². The third-order valence-electron chi connectivity index (χ3n) is 7.72. The Balaban J connectivity index is 1.14. The molecular formula is C30H34F3N7O5Si. The normalized spacial score (nSPS) is 17.3. The van der Waals surface area contributed by atoms with E-state index in [1.54, 1.807) is 42.2 Å². The molecule has 2 aromatic heterocycles. The molecule has 0 aliphatic carbocycles. The summed E-state index contributed by atoms with van der Waals surface area (Å²) < 4.78 is 59.7. The number of pyridine rings is 1. The molecule has 1 amide bonds. The second kappa shape index (κ2) is 13.4. The van der Waals surface area contributed by atoms with Crippen molar-refractivity contribution >= 4 is 27.7 Å². The predicted octanol–water partition coefficient (Wildman–Crippen LogP) is 1.60. The molecule has 2 aliphatic heterocycles. The number of benzene rings is 1. The number of fused-ring (bicyclic) bond motifs is 3. The number of amides is 1. The van der Waals surface area contributed by atoms with Crippen LogP contribution in [0.3, 0.4) is 0 Å². The van der Waals surface area contributed by atoms with Crippen LogP contribution >= 0.6 is 0 Å². The highest BCUT2D eigenvalue weighted by atomic mass is 28.1. The molecule has 1 fully saturated rings. The molecule has 2 aliphatic rings. The van der Waals surface area contributed by atoms with E-state index in [9.17, 15) is 22.8 Å². The zero-order valence-electron chi connectivity index (χ0n) is 25.6. The van der Waals surface area contributed by atoms with Gasteiger partial charge in [-0.25, -0.2) is 9.67 Å². The van der Waals surface area contributed by atoms with E-state index in [-0.39, 0.29) is 38.1 Å². The number of nitrogens with zero attached hydrogens (tertiary/aromatic N) is 6. The molecular weight excluding hydrogens is 623 g/mol. The number of halogens is 3. The summed E-state index contributed by atoms with van der Waals surface area (Å²) in [6.07, 6.45) is -2.31. The number of nitrogens with one attached hydrogen (secondary N) is 1. The minimum atomic E-state index is -4.92. The summed E-state index contributed by atoms with van der Waals surface area (Å²) in [7, 11) is 1.86. The van der Waals surface area contributed by atoms with Crippen molar-refractivity contribution in [1.82, 2.24) is 19.7 Å². The van der Waals surface area contributed by atoms with Crippen molar-refractivity contribution < 1.29 is 32.2 Å². The summed E-state index contributed by atoms with van der Waals surface area (Å²) >= 11 is 0. The lowest BCUT2D eigenvalue weighted by molar-refractivity contribution is -0.138. The number of carbonyl (C=O) groups is 1. The number of alkyl halides is 3. The van der Waals surface area contributed by atoms with Gasteiger partial charge in [0.2, 0.25) is 5.91 Å². The Morgan fingerprint density at radius 2 is 2.00 bits per heavy atom. The van der Waals surface area contributed by atoms with Gasteiger partial charge in [-0.1, -0.05) is 12.1 Å². The fourth-order valence-corrected chi connectivity index (χ4v) is 5.90. The Morgan fingerprint density at radius 1 is 1.24 bits per heavy atom. The van der Waals surface area contributed by atoms with E-state index >= 15 is 0 Å². The van der Waals surface area contributed by atoms with Crippen LogP contribution < -0.4 is 25.2 Å². The van der Waals surface area contributed by atoms with Gasteiger partial charge < -0.3 is 29.3 Å². The van der Waals surface area contributed by atoms with Crippen LogP contribution in [-0.2, 0) is 22.3 Å². The number of hydrogen-bond acceptors (Lipinski definition) is 10. The maximum atomic E-state index is 14.1. The van der Waals surface area contributed by atoms with E-state index in [0.29, 0.717) is 64.9 Å². The summed E-state index contributed by atoms with van der Waals surface area (Å²) in [5.41, 5.74) is -2.01. The first-order valence-electron chi connectivity index (χ1n) is 14.6. The second-order valence-corrected chi connectivity index (χ2v) is 13.9. The third kappa shape index (κ3) is 7.43. The lowest BCUT2D eigenvalue weighted by atomic mass is 10.1. The van der Waals surface area contributed by atoms with E-state index in [1.165, 1.54) is 13.3 Å². The number of hydrogen-bond donors (Lipinski definition) is 1. The minimum Gasteiger partial charge on any atom is -0.497 e. The molecule has 2 unspecified atom stereocenters. The number of ether oxygens (including phenoxy) is 3. The van der Waals surface area contributed by atoms with E-state index in [2.05, 4.69) is 20.3 Å². The van der Waals surface area contributed by atoms with Crippen LogP contribution in [0.5, 0.6) is 11.5 Å². The molecule has 46 heavy (non-hydrogen) atoms. The summed E-state index contributed by atoms with van der Waals surface area (Å²) in [6.45, 7) is 3.49. The van der Waals surface area contributed by atoms with Crippen LogP contribution in [0.25, 0.3) is 0 Å². The number of rotatable bonds is 10. The van der Waals surface area contributed by atoms with Gasteiger partial charge in [-0.3, -0.25) is 9.59 Å². The van der Waals surface area contributed by atoms with Crippen molar-refractivity contribution in [1.29, 1.82) is 5.26 Å². The van der Waals surface area contributed by atoms with Crippen molar-refractivity contribution in [2.24, 2.45) is 0 Å². The molecule has 2 atom stereocenters. The van der Waals surface area contributed by atoms with Crippen molar-refractivity contribution in [3.8, 4) is 17.6 Å². The standard InChI is InChI=1S/C30H34F3N7O5Si/c1-29(46,37-23-14-36-40(28(42)26(23)30(31,32)33)15-19-3-5-22(43-2)6-4-19)18-44-10-7-25(41)38-8-9-39-21(16-38)17-45-24-11-20(12-34)13-35-27(24)39/h3-6,11,13-14,21,37H,7-10,15-18H2,1-2,46H3. The zero-order valence-corrected chi connectivity index (χ0v) is 27.6. The van der Waals surface area contributed by atoms with Gasteiger partial charge in [-0.2, -0.15) is 23.5 Å². The molecule has 5 rings (SSSR count). The zero-order chi connectivity index (χ0) is 33.1. The van der Waals surface area contributed by atoms with E-state index < -0.39 is 28.1 Å². The maximum Gasteiger partial charge on any atom is 0.423 e. The van der Waals surface area contributed by atoms with Gasteiger partial charge in [0.05, 0.1) is 56.8 Å². The van der Waals surface area contributed by atoms with Gasteiger partial charge in [-0.15, -0.1) is 0 Å². The van der Waals surface area contributed by atoms with Gasteiger partial charge in [0.1, 0.15) is 24.0 Å². The number of anilines is 2. The Labute approximate surface area is 266 Å². The third-order valence-corrected chi connectivity index (χ3v) is 8.25. The van der Waals surface area contributed by atoms with Crippen LogP contribution in [0.15, 0.2) is 47.5 Å². The molecule has 16 heteroatoms. The number of nitriles is 1. The van der Waals surface area contributed by atoms with E-state index in [0.717, 1.165) is 10.9 Å². The molecule has 1 aromatic carbocycles. The number of aromatic nitrogens is 3. The molecule has 0 radical (unpaired) electrons. The van der Waals surface area contributed by atoms with Gasteiger partial charge in [0, 0.05) is 47.3 Å². The average molecular weight is 658 g/mol. The molecule has 0 spiro atoms. The first-order chi connectivity index (χ1) is 21.9. The Hall–Kier alpha value is -4.62. The lowest BCUT2D eigenvalue weighted by Crippen LogP contribution is -2.58. The van der Waals surface area contributed by atoms with Gasteiger partial charge in [0.25, 0.3) is 5.56 Å². The van der Waals surface area contributed by atoms with Crippen LogP contribution in [0.2, 0.25) is 0 Å². The van der Waals surface area contributed by atoms with E-state index in [1.807, 2.05) is 6.07 Å². The van der Waals surface area contributed by atoms with Crippen LogP contribution in [0.1, 0.15) is 30.0 Å².